The summed E-state index contributed by atoms with van der Waals surface area (Å²) in [6.07, 6.45) is 3.62. The standard InChI is InChI=1S/C21H28N4S/c1-3-4-7-18-9-11-19(12-10-18)23-21(26)25-15-13-24(14-16-25)20-8-5-6-17(2)22-20/h5-6,8-12H,3-4,7,13-16H2,1-2H3,(H,23,26). The quantitative estimate of drug-likeness (QED) is 0.798. The number of thiocarbonyl (C=S) groups is 1. The molecular formula is C21H28N4S. The second kappa shape index (κ2) is 8.99. The van der Waals surface area contributed by atoms with Gasteiger partial charge >= 0.3 is 0 Å². The van der Waals surface area contributed by atoms with Crippen LogP contribution in [0, 0.1) is 6.92 Å². The second-order valence-corrected chi connectivity index (χ2v) is 7.23. The molecule has 0 spiro atoms. The molecular weight excluding hydrogens is 340 g/mol. The Labute approximate surface area is 162 Å². The van der Waals surface area contributed by atoms with Crippen LogP contribution in [-0.4, -0.2) is 41.2 Å². The summed E-state index contributed by atoms with van der Waals surface area (Å²) < 4.78 is 0. The van der Waals surface area contributed by atoms with Crippen LogP contribution in [0.5, 0.6) is 0 Å². The van der Waals surface area contributed by atoms with Crippen LogP contribution in [0.25, 0.3) is 0 Å². The van der Waals surface area contributed by atoms with Gasteiger partial charge in [-0.3, -0.25) is 0 Å². The second-order valence-electron chi connectivity index (χ2n) is 6.84. The van der Waals surface area contributed by atoms with Crippen LogP contribution >= 0.6 is 12.2 Å². The van der Waals surface area contributed by atoms with Crippen LogP contribution in [0.3, 0.4) is 0 Å². The van der Waals surface area contributed by atoms with Gasteiger partial charge in [0.25, 0.3) is 0 Å². The van der Waals surface area contributed by atoms with Gasteiger partial charge in [0.15, 0.2) is 5.11 Å². The largest absolute Gasteiger partial charge is 0.353 e. The summed E-state index contributed by atoms with van der Waals surface area (Å²) in [6, 6.07) is 14.8. The first kappa shape index (κ1) is 18.6. The highest BCUT2D eigenvalue weighted by atomic mass is 32.1. The van der Waals surface area contributed by atoms with E-state index in [0.29, 0.717) is 0 Å². The van der Waals surface area contributed by atoms with Crippen molar-refractivity contribution in [3.05, 3.63) is 53.7 Å². The average molecular weight is 369 g/mol. The molecule has 1 N–H and O–H groups in total. The van der Waals surface area contributed by atoms with E-state index >= 15 is 0 Å². The monoisotopic (exact) mass is 368 g/mol. The van der Waals surface area contributed by atoms with Crippen LogP contribution < -0.4 is 10.2 Å². The van der Waals surface area contributed by atoms with Crippen LogP contribution in [0.1, 0.15) is 31.0 Å². The number of nitrogens with zero attached hydrogens (tertiary/aromatic N) is 3. The van der Waals surface area contributed by atoms with E-state index in [4.69, 9.17) is 12.2 Å². The molecule has 1 fully saturated rings. The van der Waals surface area contributed by atoms with E-state index in [9.17, 15) is 0 Å². The number of pyridine rings is 1. The van der Waals surface area contributed by atoms with Crippen molar-refractivity contribution in [1.82, 2.24) is 9.88 Å². The summed E-state index contributed by atoms with van der Waals surface area (Å²) in [5.41, 5.74) is 3.52. The maximum atomic E-state index is 5.62. The van der Waals surface area contributed by atoms with E-state index in [1.54, 1.807) is 0 Å². The zero-order valence-electron chi connectivity index (χ0n) is 15.7. The first-order valence-electron chi connectivity index (χ1n) is 9.49. The fraction of sp³-hybridized carbons (Fsp3) is 0.429. The molecule has 2 heterocycles. The maximum Gasteiger partial charge on any atom is 0.173 e. The average Bonchev–Trinajstić information content (AvgIpc) is 2.67. The lowest BCUT2D eigenvalue weighted by molar-refractivity contribution is 0.389. The van der Waals surface area contributed by atoms with E-state index in [2.05, 4.69) is 63.4 Å². The highest BCUT2D eigenvalue weighted by Crippen LogP contribution is 2.16. The van der Waals surface area contributed by atoms with Crippen molar-refractivity contribution in [1.29, 1.82) is 0 Å². The predicted molar refractivity (Wildman–Crippen MR) is 114 cm³/mol. The lowest BCUT2D eigenvalue weighted by Gasteiger charge is -2.36. The van der Waals surface area contributed by atoms with Gasteiger partial charge in [0.05, 0.1) is 0 Å². The van der Waals surface area contributed by atoms with Crippen LogP contribution in [0.4, 0.5) is 11.5 Å². The van der Waals surface area contributed by atoms with Crippen molar-refractivity contribution < 1.29 is 0 Å². The molecule has 0 aliphatic carbocycles. The summed E-state index contributed by atoms with van der Waals surface area (Å²) in [7, 11) is 0. The third-order valence-corrected chi connectivity index (χ3v) is 5.15. The van der Waals surface area contributed by atoms with E-state index in [0.717, 1.165) is 54.9 Å². The minimum Gasteiger partial charge on any atom is -0.353 e. The predicted octanol–water partition coefficient (Wildman–Crippen LogP) is 4.25. The lowest BCUT2D eigenvalue weighted by atomic mass is 10.1. The molecule has 0 radical (unpaired) electrons. The highest BCUT2D eigenvalue weighted by Gasteiger charge is 2.20. The number of hydrogen-bond donors (Lipinski definition) is 1. The number of anilines is 2. The summed E-state index contributed by atoms with van der Waals surface area (Å²) in [5, 5.41) is 4.19. The van der Waals surface area contributed by atoms with Gasteiger partial charge in [-0.05, 0) is 61.8 Å². The summed E-state index contributed by atoms with van der Waals surface area (Å²) in [4.78, 5) is 9.19. The number of benzene rings is 1. The van der Waals surface area contributed by atoms with E-state index in [1.807, 2.05) is 13.0 Å². The van der Waals surface area contributed by atoms with Crippen LogP contribution in [0.2, 0.25) is 0 Å². The van der Waals surface area contributed by atoms with Gasteiger partial charge < -0.3 is 15.1 Å². The van der Waals surface area contributed by atoms with E-state index in [1.165, 1.54) is 18.4 Å². The van der Waals surface area contributed by atoms with Crippen molar-refractivity contribution in [2.24, 2.45) is 0 Å². The first-order valence-corrected chi connectivity index (χ1v) is 9.90. The van der Waals surface area contributed by atoms with Crippen LogP contribution in [0.15, 0.2) is 42.5 Å². The SMILES string of the molecule is CCCCc1ccc(NC(=S)N2CCN(c3cccc(C)n3)CC2)cc1. The van der Waals surface area contributed by atoms with E-state index < -0.39 is 0 Å². The summed E-state index contributed by atoms with van der Waals surface area (Å²) >= 11 is 5.62. The molecule has 0 amide bonds. The molecule has 4 nitrogen and oxygen atoms in total. The molecule has 2 aromatic rings. The molecule has 1 aliphatic heterocycles. The summed E-state index contributed by atoms with van der Waals surface area (Å²) in [6.45, 7) is 7.96. The zero-order valence-corrected chi connectivity index (χ0v) is 16.6. The smallest absolute Gasteiger partial charge is 0.173 e. The van der Waals surface area contributed by atoms with Crippen molar-refractivity contribution in [2.45, 2.75) is 33.1 Å². The topological polar surface area (TPSA) is 31.4 Å². The highest BCUT2D eigenvalue weighted by molar-refractivity contribution is 7.80. The molecule has 1 aliphatic rings. The Hall–Kier alpha value is -2.14. The molecule has 5 heteroatoms. The van der Waals surface area contributed by atoms with Gasteiger partial charge in [0.2, 0.25) is 0 Å². The molecule has 1 aromatic carbocycles. The molecule has 0 bridgehead atoms. The maximum absolute atomic E-state index is 5.62. The molecule has 1 saturated heterocycles. The molecule has 1 aromatic heterocycles. The Balaban J connectivity index is 1.50. The molecule has 0 saturated carbocycles. The minimum atomic E-state index is 0.808. The number of nitrogens with one attached hydrogen (secondary N) is 1. The Morgan fingerprint density at radius 1 is 1.08 bits per heavy atom. The number of rotatable bonds is 5. The van der Waals surface area contributed by atoms with Gasteiger partial charge in [-0.15, -0.1) is 0 Å². The van der Waals surface area contributed by atoms with Crippen LogP contribution in [-0.2, 0) is 6.42 Å². The fourth-order valence-corrected chi connectivity index (χ4v) is 3.48. The fourth-order valence-electron chi connectivity index (χ4n) is 3.18. The van der Waals surface area contributed by atoms with Crippen molar-refractivity contribution >= 4 is 28.8 Å². The van der Waals surface area contributed by atoms with Gasteiger partial charge in [-0.25, -0.2) is 4.98 Å². The van der Waals surface area contributed by atoms with Crippen molar-refractivity contribution in [3.8, 4) is 0 Å². The molecule has 138 valence electrons. The van der Waals surface area contributed by atoms with E-state index in [-0.39, 0.29) is 0 Å². The Morgan fingerprint density at radius 3 is 2.46 bits per heavy atom. The Kier molecular flexibility index (Phi) is 6.45. The number of aromatic nitrogens is 1. The Bertz CT molecular complexity index is 721. The molecule has 0 unspecified atom stereocenters. The first-order chi connectivity index (χ1) is 12.7. The number of piperazine rings is 1. The molecule has 0 atom stereocenters. The lowest BCUT2D eigenvalue weighted by Crippen LogP contribution is -2.50. The third-order valence-electron chi connectivity index (χ3n) is 4.79. The number of aryl methyl sites for hydroxylation is 2. The molecule has 3 rings (SSSR count). The zero-order chi connectivity index (χ0) is 18.4. The minimum absolute atomic E-state index is 0.808. The number of hydrogen-bond acceptors (Lipinski definition) is 3. The third kappa shape index (κ3) is 4.94. The van der Waals surface area contributed by atoms with Gasteiger partial charge in [0.1, 0.15) is 5.82 Å². The van der Waals surface area contributed by atoms with Gasteiger partial charge in [0, 0.05) is 37.6 Å². The Morgan fingerprint density at radius 2 is 1.81 bits per heavy atom. The number of unbranched alkanes of at least 4 members (excludes halogenated alkanes) is 1. The van der Waals surface area contributed by atoms with Gasteiger partial charge in [-0.1, -0.05) is 31.5 Å². The van der Waals surface area contributed by atoms with Gasteiger partial charge in [-0.2, -0.15) is 0 Å². The van der Waals surface area contributed by atoms with Crippen molar-refractivity contribution in [2.75, 3.05) is 36.4 Å². The summed E-state index contributed by atoms with van der Waals surface area (Å²) in [5.74, 6) is 1.06. The van der Waals surface area contributed by atoms with Crippen molar-refractivity contribution in [3.63, 3.8) is 0 Å². The molecule has 26 heavy (non-hydrogen) atoms. The normalized spacial score (nSPS) is 14.4.